The molecule has 2 aromatic carbocycles. The van der Waals surface area contributed by atoms with Crippen molar-refractivity contribution in [3.05, 3.63) is 71.7 Å². The number of benzene rings is 2. The minimum atomic E-state index is 0.292. The number of phenolic OH excluding ortho intramolecular Hbond substituents is 1. The number of nitrogens with one attached hydrogen (secondary N) is 1. The molecular weight excluding hydrogens is 358 g/mol. The van der Waals surface area contributed by atoms with Crippen molar-refractivity contribution in [2.45, 2.75) is 23.0 Å². The molecule has 0 radical (unpaired) electrons. The number of rotatable bonds is 6. The second-order valence-corrected chi connectivity index (χ2v) is 7.64. The Labute approximate surface area is 162 Å². The van der Waals surface area contributed by atoms with Crippen LogP contribution >= 0.6 is 11.8 Å². The van der Waals surface area contributed by atoms with Crippen molar-refractivity contribution in [3.63, 3.8) is 0 Å². The predicted octanol–water partition coefficient (Wildman–Crippen LogP) is 4.23. The third-order valence-electron chi connectivity index (χ3n) is 4.62. The Morgan fingerprint density at radius 2 is 2.04 bits per heavy atom. The van der Waals surface area contributed by atoms with E-state index < -0.39 is 0 Å². The number of aromatic nitrogens is 2. The lowest BCUT2D eigenvalue weighted by molar-refractivity contribution is 0.414. The molecule has 1 aromatic heterocycles. The highest BCUT2D eigenvalue weighted by molar-refractivity contribution is 8.00. The normalized spacial score (nSPS) is 15.4. The summed E-state index contributed by atoms with van der Waals surface area (Å²) in [6.07, 6.45) is 3.39. The van der Waals surface area contributed by atoms with E-state index in [9.17, 15) is 5.11 Å². The van der Waals surface area contributed by atoms with Crippen molar-refractivity contribution in [1.29, 1.82) is 0 Å². The molecule has 27 heavy (non-hydrogen) atoms. The zero-order valence-corrected chi connectivity index (χ0v) is 15.9. The van der Waals surface area contributed by atoms with E-state index in [0.717, 1.165) is 41.5 Å². The third kappa shape index (κ3) is 4.01. The van der Waals surface area contributed by atoms with Crippen LogP contribution in [-0.2, 0) is 12.8 Å². The van der Waals surface area contributed by atoms with E-state index in [2.05, 4.69) is 27.4 Å². The summed E-state index contributed by atoms with van der Waals surface area (Å²) in [7, 11) is 1.69. The van der Waals surface area contributed by atoms with Crippen LogP contribution in [0.4, 0.5) is 5.82 Å². The van der Waals surface area contributed by atoms with E-state index in [1.54, 1.807) is 25.6 Å². The van der Waals surface area contributed by atoms with Gasteiger partial charge in [-0.3, -0.25) is 0 Å². The Bertz CT molecular complexity index is 931. The fraction of sp³-hybridized carbons (Fsp3) is 0.238. The highest BCUT2D eigenvalue weighted by atomic mass is 32.2. The molecule has 0 bridgehead atoms. The lowest BCUT2D eigenvalue weighted by Crippen LogP contribution is -2.08. The van der Waals surface area contributed by atoms with Gasteiger partial charge in [0.2, 0.25) is 0 Å². The Morgan fingerprint density at radius 1 is 1.19 bits per heavy atom. The molecule has 2 N–H and O–H groups in total. The first-order valence-corrected chi connectivity index (χ1v) is 9.77. The highest BCUT2D eigenvalue weighted by Crippen LogP contribution is 2.48. The summed E-state index contributed by atoms with van der Waals surface area (Å²) in [4.78, 5) is 10.1. The maximum absolute atomic E-state index is 9.37. The Morgan fingerprint density at radius 3 is 2.85 bits per heavy atom. The monoisotopic (exact) mass is 379 g/mol. The molecule has 0 spiro atoms. The summed E-state index contributed by atoms with van der Waals surface area (Å²) < 4.78 is 5.35. The molecule has 1 unspecified atom stereocenters. The molecule has 138 valence electrons. The Balaban J connectivity index is 1.44. The molecule has 0 amide bonds. The first kappa shape index (κ1) is 17.7. The van der Waals surface area contributed by atoms with Crippen molar-refractivity contribution < 1.29 is 9.84 Å². The van der Waals surface area contributed by atoms with E-state index >= 15 is 0 Å². The fourth-order valence-electron chi connectivity index (χ4n) is 3.18. The van der Waals surface area contributed by atoms with Crippen LogP contribution in [0.25, 0.3) is 0 Å². The van der Waals surface area contributed by atoms with E-state index in [1.807, 2.05) is 36.0 Å². The molecule has 6 heteroatoms. The zero-order chi connectivity index (χ0) is 18.6. The SMILES string of the molecule is COc1cccc(C2Cc3ncnc(NCCc4ccc(O)cc4)c3S2)c1. The number of anilines is 1. The summed E-state index contributed by atoms with van der Waals surface area (Å²) in [5, 5.41) is 13.1. The molecule has 2 heterocycles. The van der Waals surface area contributed by atoms with Crippen molar-refractivity contribution in [1.82, 2.24) is 9.97 Å². The lowest BCUT2D eigenvalue weighted by atomic mass is 10.1. The zero-order valence-electron chi connectivity index (χ0n) is 15.1. The molecule has 5 nitrogen and oxygen atoms in total. The quantitative estimate of drug-likeness (QED) is 0.668. The average molecular weight is 379 g/mol. The first-order valence-electron chi connectivity index (χ1n) is 8.89. The number of hydrogen-bond acceptors (Lipinski definition) is 6. The second-order valence-electron chi connectivity index (χ2n) is 6.43. The minimum absolute atomic E-state index is 0.292. The van der Waals surface area contributed by atoms with E-state index in [4.69, 9.17) is 4.74 Å². The molecule has 0 saturated heterocycles. The molecule has 4 rings (SSSR count). The van der Waals surface area contributed by atoms with Gasteiger partial charge in [0, 0.05) is 18.2 Å². The van der Waals surface area contributed by atoms with Crippen LogP contribution in [0.2, 0.25) is 0 Å². The topological polar surface area (TPSA) is 67.3 Å². The van der Waals surface area contributed by atoms with Gasteiger partial charge in [-0.25, -0.2) is 9.97 Å². The van der Waals surface area contributed by atoms with Crippen molar-refractivity contribution in [3.8, 4) is 11.5 Å². The van der Waals surface area contributed by atoms with Crippen molar-refractivity contribution in [2.75, 3.05) is 19.0 Å². The van der Waals surface area contributed by atoms with Gasteiger partial charge in [0.15, 0.2) is 0 Å². The number of thioether (sulfide) groups is 1. The van der Waals surface area contributed by atoms with Gasteiger partial charge in [0.25, 0.3) is 0 Å². The Hall–Kier alpha value is -2.73. The van der Waals surface area contributed by atoms with Crippen molar-refractivity contribution in [2.24, 2.45) is 0 Å². The Kier molecular flexibility index (Phi) is 5.16. The fourth-order valence-corrected chi connectivity index (χ4v) is 4.50. The van der Waals surface area contributed by atoms with Gasteiger partial charge in [0.05, 0.1) is 17.7 Å². The van der Waals surface area contributed by atoms with Gasteiger partial charge in [-0.15, -0.1) is 11.8 Å². The van der Waals surface area contributed by atoms with Gasteiger partial charge in [-0.1, -0.05) is 24.3 Å². The molecule has 1 atom stereocenters. The van der Waals surface area contributed by atoms with Crippen LogP contribution in [0.15, 0.2) is 59.8 Å². The third-order valence-corrected chi connectivity index (χ3v) is 6.01. The highest BCUT2D eigenvalue weighted by Gasteiger charge is 2.28. The lowest BCUT2D eigenvalue weighted by Gasteiger charge is -2.11. The smallest absolute Gasteiger partial charge is 0.143 e. The summed E-state index contributed by atoms with van der Waals surface area (Å²) in [6.45, 7) is 0.776. The van der Waals surface area contributed by atoms with E-state index in [0.29, 0.717) is 11.0 Å². The van der Waals surface area contributed by atoms with Crippen LogP contribution < -0.4 is 10.1 Å². The number of hydrogen-bond donors (Lipinski definition) is 2. The van der Waals surface area contributed by atoms with Crippen LogP contribution in [0.3, 0.4) is 0 Å². The first-order chi connectivity index (χ1) is 13.2. The number of phenols is 1. The molecule has 0 saturated carbocycles. The molecule has 0 aliphatic carbocycles. The van der Waals surface area contributed by atoms with Gasteiger partial charge in [-0.05, 0) is 41.8 Å². The molecule has 1 aliphatic rings. The van der Waals surface area contributed by atoms with Gasteiger partial charge in [-0.2, -0.15) is 0 Å². The molecule has 3 aromatic rings. The largest absolute Gasteiger partial charge is 0.508 e. The number of methoxy groups -OCH3 is 1. The molecule has 0 fully saturated rings. The van der Waals surface area contributed by atoms with Crippen molar-refractivity contribution >= 4 is 17.6 Å². The maximum Gasteiger partial charge on any atom is 0.143 e. The van der Waals surface area contributed by atoms with Crippen LogP contribution in [0.5, 0.6) is 11.5 Å². The number of nitrogens with zero attached hydrogens (tertiary/aromatic N) is 2. The predicted molar refractivity (Wildman–Crippen MR) is 108 cm³/mol. The number of aromatic hydroxyl groups is 1. The van der Waals surface area contributed by atoms with Crippen LogP contribution in [0.1, 0.15) is 22.1 Å². The van der Waals surface area contributed by atoms with Crippen LogP contribution in [0, 0.1) is 0 Å². The summed E-state index contributed by atoms with van der Waals surface area (Å²) in [5.74, 6) is 2.07. The second kappa shape index (κ2) is 7.88. The van der Waals surface area contributed by atoms with E-state index in [-0.39, 0.29) is 0 Å². The van der Waals surface area contributed by atoms with Gasteiger partial charge in [0.1, 0.15) is 23.6 Å². The number of ether oxygens (including phenoxy) is 1. The number of fused-ring (bicyclic) bond motifs is 1. The van der Waals surface area contributed by atoms with Gasteiger partial charge >= 0.3 is 0 Å². The van der Waals surface area contributed by atoms with Gasteiger partial charge < -0.3 is 15.2 Å². The summed E-state index contributed by atoms with van der Waals surface area (Å²) >= 11 is 1.81. The standard InChI is InChI=1S/C21H21N3O2S/c1-26-17-4-2-3-15(11-17)19-12-18-20(27-19)21(24-13-23-18)22-10-9-14-5-7-16(25)8-6-14/h2-8,11,13,19,25H,9-10,12H2,1H3,(H,22,23,24). The maximum atomic E-state index is 9.37. The summed E-state index contributed by atoms with van der Waals surface area (Å²) in [6, 6.07) is 15.5. The average Bonchev–Trinajstić information content (AvgIpc) is 3.15. The minimum Gasteiger partial charge on any atom is -0.508 e. The van der Waals surface area contributed by atoms with Crippen LogP contribution in [-0.4, -0.2) is 28.7 Å². The molecule has 1 aliphatic heterocycles. The summed E-state index contributed by atoms with van der Waals surface area (Å²) in [5.41, 5.74) is 3.51. The van der Waals surface area contributed by atoms with E-state index in [1.165, 1.54) is 11.1 Å². The molecular formula is C21H21N3O2S.